The molecule has 1 aromatic heterocycles. The molecule has 1 aliphatic heterocycles. The molecule has 0 amide bonds. The average Bonchev–Trinajstić information content (AvgIpc) is 3.12. The van der Waals surface area contributed by atoms with Gasteiger partial charge in [-0.2, -0.15) is 4.98 Å². The number of ether oxygens (including phenoxy) is 1. The molecule has 0 spiro atoms. The number of nitrogens with zero attached hydrogens (tertiary/aromatic N) is 3. The van der Waals surface area contributed by atoms with Gasteiger partial charge in [0.2, 0.25) is 5.89 Å². The summed E-state index contributed by atoms with van der Waals surface area (Å²) in [4.78, 5) is 6.61. The Kier molecular flexibility index (Phi) is 6.41. The zero-order valence-electron chi connectivity index (χ0n) is 12.4. The van der Waals surface area contributed by atoms with Gasteiger partial charge in [0.05, 0.1) is 25.3 Å². The van der Waals surface area contributed by atoms with Crippen molar-refractivity contribution in [2.45, 2.75) is 63.8 Å². The molecule has 3 rings (SSSR count). The molecule has 0 radical (unpaired) electrons. The summed E-state index contributed by atoms with van der Waals surface area (Å²) >= 11 is 0. The van der Waals surface area contributed by atoms with Crippen molar-refractivity contribution in [1.82, 2.24) is 15.0 Å². The summed E-state index contributed by atoms with van der Waals surface area (Å²) in [5.41, 5.74) is 5.47. The summed E-state index contributed by atoms with van der Waals surface area (Å²) in [6, 6.07) is 0. The molecule has 120 valence electrons. The normalized spacial score (nSPS) is 21.6. The van der Waals surface area contributed by atoms with Crippen LogP contribution in [0.1, 0.15) is 50.2 Å². The number of aromatic nitrogens is 2. The van der Waals surface area contributed by atoms with E-state index in [0.29, 0.717) is 24.6 Å². The highest BCUT2D eigenvalue weighted by Gasteiger charge is 2.25. The molecule has 0 aromatic carbocycles. The van der Waals surface area contributed by atoms with E-state index >= 15 is 0 Å². The summed E-state index contributed by atoms with van der Waals surface area (Å²) in [7, 11) is 0. The number of rotatable bonds is 5. The lowest BCUT2D eigenvalue weighted by Gasteiger charge is -2.32. The molecule has 0 unspecified atom stereocenters. The third-order valence-electron chi connectivity index (χ3n) is 4.27. The van der Waals surface area contributed by atoms with Gasteiger partial charge in [0.1, 0.15) is 0 Å². The smallest absolute Gasteiger partial charge is 0.240 e. The molecule has 1 saturated carbocycles. The molecule has 0 atom stereocenters. The first-order valence-electron chi connectivity index (χ1n) is 7.73. The van der Waals surface area contributed by atoms with E-state index < -0.39 is 0 Å². The number of nitrogens with two attached hydrogens (primary N) is 1. The van der Waals surface area contributed by atoms with Crippen molar-refractivity contribution in [2.24, 2.45) is 5.73 Å². The quantitative estimate of drug-likeness (QED) is 0.893. The fourth-order valence-electron chi connectivity index (χ4n) is 3.14. The van der Waals surface area contributed by atoms with Gasteiger partial charge in [-0.1, -0.05) is 18.0 Å². The average molecular weight is 317 g/mol. The van der Waals surface area contributed by atoms with Crippen molar-refractivity contribution in [3.8, 4) is 0 Å². The third kappa shape index (κ3) is 4.64. The Labute approximate surface area is 131 Å². The van der Waals surface area contributed by atoms with Gasteiger partial charge >= 0.3 is 0 Å². The van der Waals surface area contributed by atoms with Crippen LogP contribution >= 0.6 is 12.4 Å². The first-order chi connectivity index (χ1) is 9.83. The minimum Gasteiger partial charge on any atom is -0.375 e. The highest BCUT2D eigenvalue weighted by Crippen LogP contribution is 2.25. The topological polar surface area (TPSA) is 77.4 Å². The Bertz CT molecular complexity index is 415. The number of piperidine rings is 1. The summed E-state index contributed by atoms with van der Waals surface area (Å²) < 4.78 is 11.2. The molecule has 6 nitrogen and oxygen atoms in total. The maximum Gasteiger partial charge on any atom is 0.240 e. The fourth-order valence-corrected chi connectivity index (χ4v) is 3.14. The Morgan fingerprint density at radius 2 is 1.81 bits per heavy atom. The second kappa shape index (κ2) is 8.08. The van der Waals surface area contributed by atoms with Crippen molar-refractivity contribution in [3.05, 3.63) is 11.7 Å². The molecule has 1 saturated heterocycles. The zero-order chi connectivity index (χ0) is 13.8. The van der Waals surface area contributed by atoms with E-state index in [1.54, 1.807) is 0 Å². The summed E-state index contributed by atoms with van der Waals surface area (Å²) in [5.74, 6) is 1.25. The fraction of sp³-hybridized carbons (Fsp3) is 0.857. The third-order valence-corrected chi connectivity index (χ3v) is 4.27. The second-order valence-electron chi connectivity index (χ2n) is 5.83. The van der Waals surface area contributed by atoms with Crippen molar-refractivity contribution in [1.29, 1.82) is 0 Å². The largest absolute Gasteiger partial charge is 0.375 e. The molecule has 21 heavy (non-hydrogen) atoms. The molecule has 7 heteroatoms. The van der Waals surface area contributed by atoms with Gasteiger partial charge < -0.3 is 15.0 Å². The molecular formula is C14H25ClN4O2. The molecule has 2 fully saturated rings. The van der Waals surface area contributed by atoms with E-state index in [9.17, 15) is 0 Å². The Balaban J connectivity index is 0.00000161. The molecule has 0 bridgehead atoms. The SMILES string of the molecule is Cl.NCc1nc(CN2CCC(OC3CCCC3)CC2)no1. The van der Waals surface area contributed by atoms with Crippen LogP contribution in [-0.4, -0.2) is 40.3 Å². The lowest BCUT2D eigenvalue weighted by molar-refractivity contribution is -0.0403. The first kappa shape index (κ1) is 16.7. The van der Waals surface area contributed by atoms with Crippen LogP contribution < -0.4 is 5.73 Å². The van der Waals surface area contributed by atoms with Crippen molar-refractivity contribution in [3.63, 3.8) is 0 Å². The number of hydrogen-bond donors (Lipinski definition) is 1. The molecule has 1 aromatic rings. The molecular weight excluding hydrogens is 292 g/mol. The number of hydrogen-bond acceptors (Lipinski definition) is 6. The minimum absolute atomic E-state index is 0. The van der Waals surface area contributed by atoms with E-state index in [2.05, 4.69) is 15.0 Å². The highest BCUT2D eigenvalue weighted by molar-refractivity contribution is 5.85. The summed E-state index contributed by atoms with van der Waals surface area (Å²) in [6.45, 7) is 3.15. The highest BCUT2D eigenvalue weighted by atomic mass is 35.5. The van der Waals surface area contributed by atoms with Crippen LogP contribution in [0.4, 0.5) is 0 Å². The van der Waals surface area contributed by atoms with Gasteiger partial charge in [-0.05, 0) is 25.7 Å². The monoisotopic (exact) mass is 316 g/mol. The Morgan fingerprint density at radius 3 is 2.43 bits per heavy atom. The van der Waals surface area contributed by atoms with E-state index in [-0.39, 0.29) is 12.4 Å². The van der Waals surface area contributed by atoms with E-state index in [4.69, 9.17) is 15.0 Å². The van der Waals surface area contributed by atoms with E-state index in [1.807, 2.05) is 0 Å². The van der Waals surface area contributed by atoms with Gasteiger partial charge in [-0.3, -0.25) is 4.90 Å². The lowest BCUT2D eigenvalue weighted by atomic mass is 10.1. The lowest BCUT2D eigenvalue weighted by Crippen LogP contribution is -2.38. The number of likely N-dealkylation sites (tertiary alicyclic amines) is 1. The van der Waals surface area contributed by atoms with Crippen LogP contribution in [-0.2, 0) is 17.8 Å². The summed E-state index contributed by atoms with van der Waals surface area (Å²) in [5, 5.41) is 3.94. The van der Waals surface area contributed by atoms with Crippen molar-refractivity contribution >= 4 is 12.4 Å². The van der Waals surface area contributed by atoms with Gasteiger partial charge in [0.25, 0.3) is 0 Å². The zero-order valence-corrected chi connectivity index (χ0v) is 13.2. The molecule has 2 heterocycles. The second-order valence-corrected chi connectivity index (χ2v) is 5.83. The predicted octanol–water partition coefficient (Wildman–Crippen LogP) is 1.87. The van der Waals surface area contributed by atoms with Gasteiger partial charge in [0, 0.05) is 13.1 Å². The van der Waals surface area contributed by atoms with Crippen molar-refractivity contribution in [2.75, 3.05) is 13.1 Å². The first-order valence-corrected chi connectivity index (χ1v) is 7.73. The van der Waals surface area contributed by atoms with Crippen LogP contribution in [0.5, 0.6) is 0 Å². The maximum atomic E-state index is 6.18. The van der Waals surface area contributed by atoms with Crippen molar-refractivity contribution < 1.29 is 9.26 Å². The van der Waals surface area contributed by atoms with Gasteiger partial charge in [0.15, 0.2) is 5.82 Å². The minimum atomic E-state index is 0. The summed E-state index contributed by atoms with van der Waals surface area (Å²) in [6.07, 6.45) is 8.37. The van der Waals surface area contributed by atoms with Crippen LogP contribution in [0.25, 0.3) is 0 Å². The van der Waals surface area contributed by atoms with Crippen LogP contribution in [0, 0.1) is 0 Å². The number of halogens is 1. The van der Waals surface area contributed by atoms with Gasteiger partial charge in [-0.15, -0.1) is 12.4 Å². The molecule has 1 aliphatic carbocycles. The van der Waals surface area contributed by atoms with Crippen LogP contribution in [0.2, 0.25) is 0 Å². The molecule has 2 aliphatic rings. The van der Waals surface area contributed by atoms with Gasteiger partial charge in [-0.25, -0.2) is 0 Å². The van der Waals surface area contributed by atoms with Crippen LogP contribution in [0.3, 0.4) is 0 Å². The predicted molar refractivity (Wildman–Crippen MR) is 81.1 cm³/mol. The molecule has 2 N–H and O–H groups in total. The van der Waals surface area contributed by atoms with E-state index in [1.165, 1.54) is 25.7 Å². The van der Waals surface area contributed by atoms with Crippen LogP contribution in [0.15, 0.2) is 4.52 Å². The Hall–Kier alpha value is -0.690. The Morgan fingerprint density at radius 1 is 1.14 bits per heavy atom. The standard InChI is InChI=1S/C14H24N4O2.ClH/c15-9-14-16-13(17-20-14)10-18-7-5-12(6-8-18)19-11-3-1-2-4-11;/h11-12H,1-10,15H2;1H. The maximum absolute atomic E-state index is 6.18. The van der Waals surface area contributed by atoms with E-state index in [0.717, 1.165) is 38.3 Å².